The zero-order valence-corrected chi connectivity index (χ0v) is 13.6. The van der Waals surface area contributed by atoms with Crippen molar-refractivity contribution in [2.75, 3.05) is 0 Å². The van der Waals surface area contributed by atoms with Crippen molar-refractivity contribution in [2.45, 2.75) is 12.8 Å². The molecule has 0 atom stereocenters. The summed E-state index contributed by atoms with van der Waals surface area (Å²) in [5.41, 5.74) is -0.372. The first-order valence-corrected chi connectivity index (χ1v) is 8.10. The van der Waals surface area contributed by atoms with Crippen LogP contribution in [0.3, 0.4) is 0 Å². The van der Waals surface area contributed by atoms with Gasteiger partial charge in [0.05, 0.1) is 15.8 Å². The average Bonchev–Trinajstić information content (AvgIpc) is 3.00. The Balaban J connectivity index is 1.75. The number of ether oxygens (including phenoxy) is 1. The Morgan fingerprint density at radius 2 is 1.76 bits per heavy atom. The maximum atomic E-state index is 13.2. The lowest BCUT2D eigenvalue weighted by Gasteiger charge is -2.11. The largest absolute Gasteiger partial charge is 0.455 e. The molecule has 0 aliphatic heterocycles. The van der Waals surface area contributed by atoms with E-state index in [1.54, 1.807) is 6.07 Å². The minimum absolute atomic E-state index is 0.0908. The molecule has 1 heterocycles. The number of esters is 1. The molecule has 7 heteroatoms. The third-order valence-electron chi connectivity index (χ3n) is 3.33. The Bertz CT molecular complexity index is 884. The summed E-state index contributed by atoms with van der Waals surface area (Å²) in [6.07, 6.45) is -4.18. The molecule has 3 nitrogen and oxygen atoms in total. The van der Waals surface area contributed by atoms with Crippen LogP contribution in [-0.4, -0.2) is 17.1 Å². The van der Waals surface area contributed by atoms with Crippen LogP contribution in [0.25, 0.3) is 15.8 Å². The fourth-order valence-corrected chi connectivity index (χ4v) is 3.10. The first kappa shape index (κ1) is 17.2. The lowest BCUT2D eigenvalue weighted by molar-refractivity contribution is -0.139. The summed E-state index contributed by atoms with van der Waals surface area (Å²) in [5, 5.41) is 0.524. The highest BCUT2D eigenvalue weighted by Gasteiger charge is 2.35. The zero-order valence-electron chi connectivity index (χ0n) is 12.8. The summed E-state index contributed by atoms with van der Waals surface area (Å²) in [5.74, 6) is -1.06. The number of allylic oxidation sites excluding steroid dienone is 1. The van der Waals surface area contributed by atoms with Crippen LogP contribution in [0.15, 0.2) is 60.7 Å². The third kappa shape index (κ3) is 4.24. The van der Waals surface area contributed by atoms with E-state index < -0.39 is 17.7 Å². The van der Waals surface area contributed by atoms with E-state index in [0.717, 1.165) is 10.2 Å². The number of para-hydroxylation sites is 1. The molecule has 0 radical (unpaired) electrons. The molecule has 0 unspecified atom stereocenters. The quantitative estimate of drug-likeness (QED) is 0.484. The SMILES string of the molecule is O=C(/C=C(\c1ccccc1)C(F)(F)F)OCc1nc2ccccc2s1. The fraction of sp³-hybridized carbons (Fsp3) is 0.111. The van der Waals surface area contributed by atoms with Crippen molar-refractivity contribution in [3.8, 4) is 0 Å². The third-order valence-corrected chi connectivity index (χ3v) is 4.34. The van der Waals surface area contributed by atoms with Gasteiger partial charge in [-0.3, -0.25) is 0 Å². The molecule has 1 aromatic heterocycles. The number of carbonyl (C=O) groups is 1. The van der Waals surface area contributed by atoms with Gasteiger partial charge in [-0.2, -0.15) is 13.2 Å². The Hall–Kier alpha value is -2.67. The van der Waals surface area contributed by atoms with Gasteiger partial charge in [0.1, 0.15) is 11.6 Å². The summed E-state index contributed by atoms with van der Waals surface area (Å²) in [7, 11) is 0. The number of aromatic nitrogens is 1. The van der Waals surface area contributed by atoms with Gasteiger partial charge < -0.3 is 4.74 Å². The molecule has 0 N–H and O–H groups in total. The highest BCUT2D eigenvalue weighted by Crippen LogP contribution is 2.33. The number of carbonyl (C=O) groups excluding carboxylic acids is 1. The second-order valence-electron chi connectivity index (χ2n) is 5.10. The first-order valence-electron chi connectivity index (χ1n) is 7.29. The topological polar surface area (TPSA) is 39.2 Å². The maximum absolute atomic E-state index is 13.2. The molecule has 25 heavy (non-hydrogen) atoms. The second-order valence-corrected chi connectivity index (χ2v) is 6.22. The number of halogens is 3. The number of rotatable bonds is 4. The highest BCUT2D eigenvalue weighted by atomic mass is 32.1. The van der Waals surface area contributed by atoms with Crippen molar-refractivity contribution in [3.05, 3.63) is 71.2 Å². The minimum Gasteiger partial charge on any atom is -0.455 e. The van der Waals surface area contributed by atoms with E-state index in [0.29, 0.717) is 11.1 Å². The van der Waals surface area contributed by atoms with Gasteiger partial charge in [-0.1, -0.05) is 42.5 Å². The minimum atomic E-state index is -4.66. The van der Waals surface area contributed by atoms with Gasteiger partial charge in [-0.15, -0.1) is 11.3 Å². The molecule has 0 spiro atoms. The van der Waals surface area contributed by atoms with E-state index in [9.17, 15) is 18.0 Å². The van der Waals surface area contributed by atoms with Crippen molar-refractivity contribution in [1.29, 1.82) is 0 Å². The molecule has 0 aliphatic rings. The van der Waals surface area contributed by atoms with E-state index in [1.807, 2.05) is 24.3 Å². The van der Waals surface area contributed by atoms with Crippen molar-refractivity contribution < 1.29 is 22.7 Å². The standard InChI is InChI=1S/C18H12F3NO2S/c19-18(20,21)13(12-6-2-1-3-7-12)10-17(23)24-11-16-22-14-8-4-5-9-15(14)25-16/h1-10H,11H2/b13-10+. The molecule has 3 aromatic rings. The van der Waals surface area contributed by atoms with Crippen LogP contribution in [-0.2, 0) is 16.1 Å². The summed E-state index contributed by atoms with van der Waals surface area (Å²) >= 11 is 1.33. The molecule has 3 rings (SSSR count). The predicted octanol–water partition coefficient (Wildman–Crippen LogP) is 4.99. The number of alkyl halides is 3. The smallest absolute Gasteiger partial charge is 0.417 e. The van der Waals surface area contributed by atoms with Crippen LogP contribution in [0.5, 0.6) is 0 Å². The lowest BCUT2D eigenvalue weighted by atomic mass is 10.1. The van der Waals surface area contributed by atoms with E-state index >= 15 is 0 Å². The van der Waals surface area contributed by atoms with Crippen molar-refractivity contribution in [3.63, 3.8) is 0 Å². The molecule has 128 valence electrons. The molecular formula is C18H12F3NO2S. The van der Waals surface area contributed by atoms with E-state index in [-0.39, 0.29) is 12.2 Å². The molecule has 0 fully saturated rings. The highest BCUT2D eigenvalue weighted by molar-refractivity contribution is 7.18. The number of fused-ring (bicyclic) bond motifs is 1. The van der Waals surface area contributed by atoms with Gasteiger partial charge in [-0.25, -0.2) is 9.78 Å². The Kier molecular flexibility index (Phi) is 4.85. The van der Waals surface area contributed by atoms with E-state index in [4.69, 9.17) is 4.74 Å². The molecule has 0 saturated heterocycles. The summed E-state index contributed by atoms with van der Waals surface area (Å²) < 4.78 is 45.4. The monoisotopic (exact) mass is 363 g/mol. The van der Waals surface area contributed by atoms with Crippen molar-refractivity contribution in [2.24, 2.45) is 0 Å². The van der Waals surface area contributed by atoms with Crippen LogP contribution in [0, 0.1) is 0 Å². The van der Waals surface area contributed by atoms with Crippen LogP contribution in [0.4, 0.5) is 13.2 Å². The normalized spacial score (nSPS) is 12.4. The second kappa shape index (κ2) is 7.06. The number of hydrogen-bond acceptors (Lipinski definition) is 4. The van der Waals surface area contributed by atoms with Crippen molar-refractivity contribution >= 4 is 33.1 Å². The maximum Gasteiger partial charge on any atom is 0.417 e. The number of benzene rings is 2. The van der Waals surface area contributed by atoms with Crippen LogP contribution < -0.4 is 0 Å². The van der Waals surface area contributed by atoms with Gasteiger partial charge in [0.25, 0.3) is 0 Å². The molecule has 0 saturated carbocycles. The first-order chi connectivity index (χ1) is 11.9. The fourth-order valence-electron chi connectivity index (χ4n) is 2.22. The molecule has 2 aromatic carbocycles. The molecule has 0 bridgehead atoms. The van der Waals surface area contributed by atoms with Crippen molar-refractivity contribution in [1.82, 2.24) is 4.98 Å². The Labute approximate surface area is 145 Å². The zero-order chi connectivity index (χ0) is 17.9. The summed E-state index contributed by atoms with van der Waals surface area (Å²) in [4.78, 5) is 16.1. The molecule has 0 aliphatic carbocycles. The average molecular weight is 363 g/mol. The van der Waals surface area contributed by atoms with E-state index in [2.05, 4.69) is 4.98 Å². The van der Waals surface area contributed by atoms with Gasteiger partial charge in [0, 0.05) is 6.08 Å². The predicted molar refractivity (Wildman–Crippen MR) is 89.9 cm³/mol. The van der Waals surface area contributed by atoms with Gasteiger partial charge in [0.15, 0.2) is 0 Å². The summed E-state index contributed by atoms with van der Waals surface area (Å²) in [6, 6.07) is 14.5. The number of nitrogens with zero attached hydrogens (tertiary/aromatic N) is 1. The van der Waals surface area contributed by atoms with Gasteiger partial charge in [0.2, 0.25) is 0 Å². The Morgan fingerprint density at radius 1 is 1.08 bits per heavy atom. The Morgan fingerprint density at radius 3 is 2.44 bits per heavy atom. The van der Waals surface area contributed by atoms with Gasteiger partial charge >= 0.3 is 12.1 Å². The van der Waals surface area contributed by atoms with Crippen LogP contribution >= 0.6 is 11.3 Å². The van der Waals surface area contributed by atoms with Gasteiger partial charge in [-0.05, 0) is 17.7 Å². The summed E-state index contributed by atoms with van der Waals surface area (Å²) in [6.45, 7) is -0.172. The molecule has 0 amide bonds. The molecular weight excluding hydrogens is 351 g/mol. The number of thiazole rings is 1. The lowest BCUT2D eigenvalue weighted by Crippen LogP contribution is -2.13. The van der Waals surface area contributed by atoms with E-state index in [1.165, 1.54) is 35.6 Å². The number of hydrogen-bond donors (Lipinski definition) is 0. The van der Waals surface area contributed by atoms with Crippen LogP contribution in [0.2, 0.25) is 0 Å². The van der Waals surface area contributed by atoms with Crippen LogP contribution in [0.1, 0.15) is 10.6 Å².